The van der Waals surface area contributed by atoms with Crippen LogP contribution in [0.5, 0.6) is 0 Å². The molecule has 1 aromatic heterocycles. The van der Waals surface area contributed by atoms with Crippen molar-refractivity contribution >= 4 is 29.0 Å². The van der Waals surface area contributed by atoms with Crippen molar-refractivity contribution in [3.63, 3.8) is 0 Å². The topological polar surface area (TPSA) is 72.3 Å². The maximum atomic E-state index is 13.3. The van der Waals surface area contributed by atoms with Gasteiger partial charge in [0.05, 0.1) is 35.4 Å². The minimum absolute atomic E-state index is 0.123. The van der Waals surface area contributed by atoms with Crippen LogP contribution in [0.3, 0.4) is 0 Å². The first-order valence-corrected chi connectivity index (χ1v) is 10.6. The first-order chi connectivity index (χ1) is 14.7. The van der Waals surface area contributed by atoms with Gasteiger partial charge < -0.3 is 19.5 Å². The molecule has 1 aliphatic rings. The molecule has 0 unspecified atom stereocenters. The summed E-state index contributed by atoms with van der Waals surface area (Å²) in [5, 5.41) is 10.7. The molecule has 1 aliphatic heterocycles. The molecule has 0 spiro atoms. The van der Waals surface area contributed by atoms with E-state index in [1.807, 2.05) is 9.47 Å². The van der Waals surface area contributed by atoms with Crippen LogP contribution < -0.4 is 10.2 Å². The molecular formula is C20H24F3N5O2S. The van der Waals surface area contributed by atoms with Gasteiger partial charge in [0.25, 0.3) is 0 Å². The predicted molar refractivity (Wildman–Crippen MR) is 113 cm³/mol. The normalized spacial score (nSPS) is 15.6. The van der Waals surface area contributed by atoms with Gasteiger partial charge >= 0.3 is 6.18 Å². The SMILES string of the molecule is C=CCn1c(C)nnc1S[C@@H](C)C(=O)Nc1cc(C(F)(F)F)ccc1N1CCOCC1. The lowest BCUT2D eigenvalue weighted by Crippen LogP contribution is -2.37. The first kappa shape index (κ1) is 23.1. The second-order valence-corrected chi connectivity index (χ2v) is 8.32. The number of ether oxygens (including phenoxy) is 1. The highest BCUT2D eigenvalue weighted by atomic mass is 32.2. The fourth-order valence-electron chi connectivity index (χ4n) is 3.13. The van der Waals surface area contributed by atoms with E-state index in [1.54, 1.807) is 19.9 Å². The van der Waals surface area contributed by atoms with Crippen molar-refractivity contribution < 1.29 is 22.7 Å². The van der Waals surface area contributed by atoms with E-state index in [9.17, 15) is 18.0 Å². The molecule has 1 amide bonds. The summed E-state index contributed by atoms with van der Waals surface area (Å²) in [6, 6.07) is 3.40. The van der Waals surface area contributed by atoms with E-state index < -0.39 is 22.9 Å². The van der Waals surface area contributed by atoms with Gasteiger partial charge in [-0.05, 0) is 32.0 Å². The van der Waals surface area contributed by atoms with Crippen molar-refractivity contribution in [2.75, 3.05) is 36.5 Å². The quantitative estimate of drug-likeness (QED) is 0.507. The van der Waals surface area contributed by atoms with Gasteiger partial charge in [-0.1, -0.05) is 17.8 Å². The Balaban J connectivity index is 1.82. The number of anilines is 2. The van der Waals surface area contributed by atoms with Crippen LogP contribution in [0.4, 0.5) is 24.5 Å². The van der Waals surface area contributed by atoms with Crippen LogP contribution in [-0.4, -0.2) is 52.2 Å². The molecule has 7 nitrogen and oxygen atoms in total. The number of nitrogens with zero attached hydrogens (tertiary/aromatic N) is 4. The van der Waals surface area contributed by atoms with Crippen molar-refractivity contribution in [2.24, 2.45) is 0 Å². The van der Waals surface area contributed by atoms with Crippen LogP contribution >= 0.6 is 11.8 Å². The molecule has 0 bridgehead atoms. The first-order valence-electron chi connectivity index (χ1n) is 9.73. The van der Waals surface area contributed by atoms with Gasteiger partial charge in [0.2, 0.25) is 5.91 Å². The summed E-state index contributed by atoms with van der Waals surface area (Å²) in [4.78, 5) is 14.8. The Labute approximate surface area is 182 Å². The average molecular weight is 456 g/mol. The summed E-state index contributed by atoms with van der Waals surface area (Å²) in [5.41, 5.74) is -0.160. The van der Waals surface area contributed by atoms with Gasteiger partial charge in [0.1, 0.15) is 5.82 Å². The molecule has 11 heteroatoms. The lowest BCUT2D eigenvalue weighted by Gasteiger charge is -2.31. The summed E-state index contributed by atoms with van der Waals surface area (Å²) in [7, 11) is 0. The molecule has 168 valence electrons. The van der Waals surface area contributed by atoms with E-state index in [0.29, 0.717) is 49.5 Å². The number of alkyl halides is 3. The van der Waals surface area contributed by atoms with Crippen LogP contribution in [0.25, 0.3) is 0 Å². The highest BCUT2D eigenvalue weighted by Crippen LogP contribution is 2.36. The van der Waals surface area contributed by atoms with E-state index in [-0.39, 0.29) is 5.69 Å². The Bertz CT molecular complexity index is 941. The van der Waals surface area contributed by atoms with E-state index in [1.165, 1.54) is 17.8 Å². The second-order valence-electron chi connectivity index (χ2n) is 7.01. The number of morpholine rings is 1. The zero-order chi connectivity index (χ0) is 22.6. The average Bonchev–Trinajstić information content (AvgIpc) is 3.07. The number of thioether (sulfide) groups is 1. The van der Waals surface area contributed by atoms with E-state index in [0.717, 1.165) is 12.1 Å². The molecule has 1 aromatic carbocycles. The molecule has 0 aliphatic carbocycles. The number of hydrogen-bond donors (Lipinski definition) is 1. The zero-order valence-electron chi connectivity index (χ0n) is 17.3. The smallest absolute Gasteiger partial charge is 0.378 e. The Kier molecular flexibility index (Phi) is 7.26. The molecule has 0 radical (unpaired) electrons. The van der Waals surface area contributed by atoms with E-state index in [4.69, 9.17) is 4.74 Å². The molecule has 1 atom stereocenters. The maximum Gasteiger partial charge on any atom is 0.416 e. The molecule has 3 rings (SSSR count). The van der Waals surface area contributed by atoms with Gasteiger partial charge in [-0.15, -0.1) is 16.8 Å². The summed E-state index contributed by atoms with van der Waals surface area (Å²) < 4.78 is 46.9. The number of carbonyl (C=O) groups is 1. The molecule has 1 fully saturated rings. The highest BCUT2D eigenvalue weighted by molar-refractivity contribution is 8.00. The number of aromatic nitrogens is 3. The predicted octanol–water partition coefficient (Wildman–Crippen LogP) is 3.75. The molecule has 2 aromatic rings. The van der Waals surface area contributed by atoms with E-state index in [2.05, 4.69) is 22.1 Å². The van der Waals surface area contributed by atoms with Crippen LogP contribution in [0.1, 0.15) is 18.3 Å². The molecular weight excluding hydrogens is 431 g/mol. The minimum atomic E-state index is -4.51. The van der Waals surface area contributed by atoms with Crippen LogP contribution in [0.15, 0.2) is 36.0 Å². The molecule has 2 heterocycles. The monoisotopic (exact) mass is 455 g/mol. The number of allylic oxidation sites excluding steroid dienone is 1. The van der Waals surface area contributed by atoms with Crippen LogP contribution in [0, 0.1) is 6.92 Å². The van der Waals surface area contributed by atoms with Crippen molar-refractivity contribution in [3.05, 3.63) is 42.2 Å². The third-order valence-electron chi connectivity index (χ3n) is 4.80. The molecule has 31 heavy (non-hydrogen) atoms. The van der Waals surface area contributed by atoms with Crippen LogP contribution in [-0.2, 0) is 22.3 Å². The number of carbonyl (C=O) groups excluding carboxylic acids is 1. The van der Waals surface area contributed by atoms with Gasteiger partial charge in [0.15, 0.2) is 5.16 Å². The highest BCUT2D eigenvalue weighted by Gasteiger charge is 2.32. The third kappa shape index (κ3) is 5.59. The standard InChI is InChI=1S/C20H24F3N5O2S/c1-4-7-28-14(3)25-26-19(28)31-13(2)18(29)24-16-12-15(20(21,22)23)5-6-17(16)27-8-10-30-11-9-27/h4-6,12-13H,1,7-11H2,2-3H3,(H,24,29)/t13-/m0/s1. The van der Waals surface area contributed by atoms with E-state index >= 15 is 0 Å². The molecule has 1 N–H and O–H groups in total. The van der Waals surface area contributed by atoms with Gasteiger partial charge in [0, 0.05) is 19.6 Å². The molecule has 0 saturated carbocycles. The summed E-state index contributed by atoms with van der Waals surface area (Å²) in [6.07, 6.45) is -2.82. The Morgan fingerprint density at radius 3 is 2.71 bits per heavy atom. The largest absolute Gasteiger partial charge is 0.416 e. The summed E-state index contributed by atoms with van der Waals surface area (Å²) in [6.45, 7) is 9.66. The van der Waals surface area contributed by atoms with Gasteiger partial charge in [-0.2, -0.15) is 13.2 Å². The van der Waals surface area contributed by atoms with Gasteiger partial charge in [-0.25, -0.2) is 0 Å². The lowest BCUT2D eigenvalue weighted by atomic mass is 10.1. The fraction of sp³-hybridized carbons (Fsp3) is 0.450. The molecule has 1 saturated heterocycles. The minimum Gasteiger partial charge on any atom is -0.378 e. The lowest BCUT2D eigenvalue weighted by molar-refractivity contribution is -0.137. The Morgan fingerprint density at radius 1 is 1.35 bits per heavy atom. The number of nitrogens with one attached hydrogen (secondary N) is 1. The van der Waals surface area contributed by atoms with Crippen molar-refractivity contribution in [3.8, 4) is 0 Å². The van der Waals surface area contributed by atoms with Crippen LogP contribution in [0.2, 0.25) is 0 Å². The number of hydrogen-bond acceptors (Lipinski definition) is 6. The zero-order valence-corrected chi connectivity index (χ0v) is 18.1. The second kappa shape index (κ2) is 9.73. The Hall–Kier alpha value is -2.53. The number of amides is 1. The van der Waals surface area contributed by atoms with Crippen molar-refractivity contribution in [1.82, 2.24) is 14.8 Å². The van der Waals surface area contributed by atoms with Crippen molar-refractivity contribution in [1.29, 1.82) is 0 Å². The Morgan fingerprint density at radius 2 is 2.06 bits per heavy atom. The number of aryl methyl sites for hydroxylation is 1. The van der Waals surface area contributed by atoms with Gasteiger partial charge in [-0.3, -0.25) is 4.79 Å². The number of benzene rings is 1. The summed E-state index contributed by atoms with van der Waals surface area (Å²) in [5.74, 6) is 0.257. The summed E-state index contributed by atoms with van der Waals surface area (Å²) >= 11 is 1.18. The fourth-order valence-corrected chi connectivity index (χ4v) is 4.03. The maximum absolute atomic E-state index is 13.3. The van der Waals surface area contributed by atoms with Crippen molar-refractivity contribution in [2.45, 2.75) is 37.0 Å². The third-order valence-corrected chi connectivity index (χ3v) is 5.88. The number of halogens is 3. The number of rotatable bonds is 7.